The summed E-state index contributed by atoms with van der Waals surface area (Å²) >= 11 is 0. The highest BCUT2D eigenvalue weighted by molar-refractivity contribution is 6.13. The molecule has 0 aliphatic heterocycles. The van der Waals surface area contributed by atoms with Gasteiger partial charge in [0.15, 0.2) is 0 Å². The number of carbonyl (C=O) groups excluding carboxylic acids is 2. The van der Waals surface area contributed by atoms with Gasteiger partial charge in [-0.25, -0.2) is 9.59 Å². The Bertz CT molecular complexity index is 1060. The third kappa shape index (κ3) is 22.7. The molecule has 0 heterocycles. The van der Waals surface area contributed by atoms with Gasteiger partial charge in [-0.1, -0.05) is 231 Å². The second-order valence-corrected chi connectivity index (χ2v) is 15.6. The maximum Gasteiger partial charge on any atom is 0.338 e. The smallest absolute Gasteiger partial charge is 0.338 e. The largest absolute Gasteiger partial charge is 0.462 e. The molecule has 0 N–H and O–H groups in total. The number of unbranched alkanes of at least 4 members (excludes halogenated alkanes) is 30. The van der Waals surface area contributed by atoms with Crippen molar-refractivity contribution in [2.75, 3.05) is 13.2 Å². The quantitative estimate of drug-likeness (QED) is 0.0519. The van der Waals surface area contributed by atoms with Gasteiger partial charge in [0.1, 0.15) is 0 Å². The van der Waals surface area contributed by atoms with Crippen LogP contribution in [-0.2, 0) is 9.47 Å². The van der Waals surface area contributed by atoms with Crippen LogP contribution in [-0.4, -0.2) is 25.2 Å². The Balaban J connectivity index is 1.53. The first kappa shape index (κ1) is 45.8. The summed E-state index contributed by atoms with van der Waals surface area (Å²) in [5, 5.41) is 1.49. The number of fused-ring (bicyclic) bond motifs is 1. The monoisotopic (exact) mass is 721 g/mol. The molecule has 0 spiro atoms. The molecule has 0 bridgehead atoms. The molecule has 0 saturated carbocycles. The van der Waals surface area contributed by atoms with E-state index in [1.54, 1.807) is 12.1 Å². The summed E-state index contributed by atoms with van der Waals surface area (Å²) in [6.45, 7) is 5.40. The Hall–Kier alpha value is -2.36. The Labute approximate surface area is 321 Å². The van der Waals surface area contributed by atoms with Gasteiger partial charge >= 0.3 is 11.9 Å². The van der Waals surface area contributed by atoms with E-state index in [0.29, 0.717) is 29.7 Å². The Kier molecular flexibility index (Phi) is 29.3. The van der Waals surface area contributed by atoms with Gasteiger partial charge in [-0.2, -0.15) is 0 Å². The first-order chi connectivity index (χ1) is 25.7. The first-order valence-electron chi connectivity index (χ1n) is 22.5. The average molecular weight is 721 g/mol. The van der Waals surface area contributed by atoms with Gasteiger partial charge in [-0.05, 0) is 30.4 Å². The number of hydrogen-bond acceptors (Lipinski definition) is 4. The van der Waals surface area contributed by atoms with Crippen molar-refractivity contribution >= 4 is 22.7 Å². The molecule has 0 amide bonds. The molecule has 0 saturated heterocycles. The fourth-order valence-electron chi connectivity index (χ4n) is 7.47. The molecule has 2 aromatic carbocycles. The van der Waals surface area contributed by atoms with Crippen LogP contribution in [0.4, 0.5) is 0 Å². The lowest BCUT2D eigenvalue weighted by molar-refractivity contribution is 0.0498. The standard InChI is InChI=1S/C48H80O4/c1-3-5-7-9-11-13-15-17-19-21-23-25-27-29-31-33-41-51-47(49)44-39-35-37-43-38-36-40-45(46(43)44)48(50)52-42-34-32-30-28-26-24-22-20-18-16-14-12-10-8-6-4-2/h35-40H,3-34,41-42H2,1-2H3. The predicted molar refractivity (Wildman–Crippen MR) is 224 cm³/mol. The van der Waals surface area contributed by atoms with Gasteiger partial charge in [-0.3, -0.25) is 0 Å². The van der Waals surface area contributed by atoms with Crippen LogP contribution >= 0.6 is 0 Å². The maximum atomic E-state index is 13.1. The van der Waals surface area contributed by atoms with Crippen molar-refractivity contribution in [3.8, 4) is 0 Å². The molecule has 4 heteroatoms. The highest BCUT2D eigenvalue weighted by atomic mass is 16.5. The average Bonchev–Trinajstić information content (AvgIpc) is 3.16. The van der Waals surface area contributed by atoms with Crippen LogP contribution in [0, 0.1) is 0 Å². The molecule has 52 heavy (non-hydrogen) atoms. The number of esters is 2. The molecule has 2 aromatic rings. The molecule has 296 valence electrons. The third-order valence-electron chi connectivity index (χ3n) is 10.8. The Morgan fingerprint density at radius 3 is 0.885 bits per heavy atom. The minimum Gasteiger partial charge on any atom is -0.462 e. The topological polar surface area (TPSA) is 52.6 Å². The highest BCUT2D eigenvalue weighted by Crippen LogP contribution is 2.25. The zero-order valence-corrected chi connectivity index (χ0v) is 34.1. The third-order valence-corrected chi connectivity index (χ3v) is 10.8. The van der Waals surface area contributed by atoms with Gasteiger partial charge in [0, 0.05) is 5.39 Å². The predicted octanol–water partition coefficient (Wildman–Crippen LogP) is 15.7. The number of benzene rings is 2. The van der Waals surface area contributed by atoms with Crippen LogP contribution in [0.15, 0.2) is 36.4 Å². The molecule has 4 nitrogen and oxygen atoms in total. The van der Waals surface area contributed by atoms with Crippen LogP contribution < -0.4 is 0 Å². The minimum absolute atomic E-state index is 0.357. The van der Waals surface area contributed by atoms with E-state index in [9.17, 15) is 9.59 Å². The van der Waals surface area contributed by atoms with Crippen molar-refractivity contribution in [1.29, 1.82) is 0 Å². The van der Waals surface area contributed by atoms with E-state index in [4.69, 9.17) is 9.47 Å². The molecule has 0 radical (unpaired) electrons. The zero-order valence-electron chi connectivity index (χ0n) is 34.1. The van der Waals surface area contributed by atoms with E-state index in [2.05, 4.69) is 13.8 Å². The molecule has 0 aliphatic rings. The summed E-state index contributed by atoms with van der Waals surface area (Å²) in [4.78, 5) is 26.3. The number of ether oxygens (including phenoxy) is 2. The Morgan fingerprint density at radius 1 is 0.365 bits per heavy atom. The second-order valence-electron chi connectivity index (χ2n) is 15.6. The van der Waals surface area contributed by atoms with E-state index in [0.717, 1.165) is 31.1 Å². The molecule has 2 rings (SSSR count). The number of hydrogen-bond donors (Lipinski definition) is 0. The summed E-state index contributed by atoms with van der Waals surface area (Å²) in [5.74, 6) is -0.714. The van der Waals surface area contributed by atoms with E-state index in [1.807, 2.05) is 24.3 Å². The lowest BCUT2D eigenvalue weighted by Gasteiger charge is -2.12. The lowest BCUT2D eigenvalue weighted by Crippen LogP contribution is -2.11. The second kappa shape index (κ2) is 33.2. The summed E-state index contributed by atoms with van der Waals surface area (Å²) in [5.41, 5.74) is 0.896. The molecular formula is C48H80O4. The summed E-state index contributed by atoms with van der Waals surface area (Å²) in [6, 6.07) is 11.1. The lowest BCUT2D eigenvalue weighted by atomic mass is 9.99. The normalized spacial score (nSPS) is 11.3. The fraction of sp³-hybridized carbons (Fsp3) is 0.750. The van der Waals surface area contributed by atoms with Crippen LogP contribution in [0.5, 0.6) is 0 Å². The van der Waals surface area contributed by atoms with Crippen LogP contribution in [0.25, 0.3) is 10.8 Å². The fourth-order valence-corrected chi connectivity index (χ4v) is 7.47. The molecule has 0 aliphatic carbocycles. The van der Waals surface area contributed by atoms with Crippen molar-refractivity contribution in [1.82, 2.24) is 0 Å². The SMILES string of the molecule is CCCCCCCCCCCCCCCCCCOC(=O)c1cccc2cccc(C(=O)OCCCCCCCCCCCCCCCCCC)c12. The van der Waals surface area contributed by atoms with Crippen molar-refractivity contribution in [3.05, 3.63) is 47.5 Å². The molecule has 0 unspecified atom stereocenters. The maximum absolute atomic E-state index is 13.1. The minimum atomic E-state index is -0.357. The van der Waals surface area contributed by atoms with Crippen LogP contribution in [0.3, 0.4) is 0 Å². The molecule has 0 fully saturated rings. The van der Waals surface area contributed by atoms with Crippen molar-refractivity contribution in [2.45, 2.75) is 219 Å². The van der Waals surface area contributed by atoms with Crippen molar-refractivity contribution in [2.24, 2.45) is 0 Å². The summed E-state index contributed by atoms with van der Waals surface area (Å²) in [7, 11) is 0. The van der Waals surface area contributed by atoms with E-state index < -0.39 is 0 Å². The number of carbonyl (C=O) groups is 2. The van der Waals surface area contributed by atoms with Gasteiger partial charge < -0.3 is 9.47 Å². The molecule has 0 atom stereocenters. The van der Waals surface area contributed by atoms with E-state index in [1.165, 1.54) is 180 Å². The Morgan fingerprint density at radius 2 is 0.615 bits per heavy atom. The van der Waals surface area contributed by atoms with Gasteiger partial charge in [-0.15, -0.1) is 0 Å². The summed E-state index contributed by atoms with van der Waals surface area (Å²) < 4.78 is 11.4. The number of rotatable bonds is 36. The van der Waals surface area contributed by atoms with Gasteiger partial charge in [0.25, 0.3) is 0 Å². The zero-order chi connectivity index (χ0) is 37.2. The van der Waals surface area contributed by atoms with Crippen LogP contribution in [0.1, 0.15) is 240 Å². The molecular weight excluding hydrogens is 641 g/mol. The van der Waals surface area contributed by atoms with Crippen LogP contribution in [0.2, 0.25) is 0 Å². The van der Waals surface area contributed by atoms with Crippen molar-refractivity contribution in [3.63, 3.8) is 0 Å². The van der Waals surface area contributed by atoms with E-state index >= 15 is 0 Å². The van der Waals surface area contributed by atoms with Crippen molar-refractivity contribution < 1.29 is 19.1 Å². The summed E-state index contributed by atoms with van der Waals surface area (Å²) in [6.07, 6.45) is 42.1. The first-order valence-corrected chi connectivity index (χ1v) is 22.5. The highest BCUT2D eigenvalue weighted by Gasteiger charge is 2.19. The van der Waals surface area contributed by atoms with Gasteiger partial charge in [0.2, 0.25) is 0 Å². The van der Waals surface area contributed by atoms with E-state index in [-0.39, 0.29) is 11.9 Å². The van der Waals surface area contributed by atoms with Gasteiger partial charge in [0.05, 0.1) is 24.3 Å². The molecule has 0 aromatic heterocycles.